The van der Waals surface area contributed by atoms with E-state index < -0.39 is 23.6 Å². The van der Waals surface area contributed by atoms with E-state index in [0.717, 1.165) is 5.69 Å². The van der Waals surface area contributed by atoms with Gasteiger partial charge in [0.05, 0.1) is 0 Å². The average Bonchev–Trinajstić information content (AvgIpc) is 2.74. The standard InChI is InChI=1S/C20H26N4O4/c1-14(21-19(27)28-20(2,3)4)17(25)22-16-13-24(12-11-23(5)18(16)26)15-9-7-6-8-10-15/h6-14H,1-5H3,(H,21,27)(H,22,25)/t14-/m0/s1. The second-order valence-electron chi connectivity index (χ2n) is 7.36. The van der Waals surface area contributed by atoms with Crippen molar-refractivity contribution in [3.63, 3.8) is 0 Å². The van der Waals surface area contributed by atoms with E-state index in [2.05, 4.69) is 10.6 Å². The predicted octanol–water partition coefficient (Wildman–Crippen LogP) is 2.31. The van der Waals surface area contributed by atoms with Crippen molar-refractivity contribution in [2.75, 3.05) is 11.9 Å². The first-order chi connectivity index (χ1) is 13.1. The van der Waals surface area contributed by atoms with Crippen molar-refractivity contribution in [3.05, 3.63) is 54.6 Å². The predicted molar refractivity (Wildman–Crippen MR) is 106 cm³/mol. The molecule has 0 fully saturated rings. The Labute approximate surface area is 164 Å². The molecule has 0 saturated heterocycles. The number of anilines is 1. The molecule has 1 aromatic rings. The van der Waals surface area contributed by atoms with Gasteiger partial charge in [0.15, 0.2) is 0 Å². The second kappa shape index (κ2) is 8.60. The molecule has 0 spiro atoms. The first-order valence-corrected chi connectivity index (χ1v) is 8.88. The lowest BCUT2D eigenvalue weighted by Gasteiger charge is -2.22. The zero-order chi connectivity index (χ0) is 20.9. The number of amides is 3. The van der Waals surface area contributed by atoms with Gasteiger partial charge in [-0.3, -0.25) is 9.59 Å². The molecule has 0 bridgehead atoms. The SMILES string of the molecule is C[C@H](NC(=O)OC(C)(C)C)C(=O)NC1=CN(c2ccccc2)C=CN(C)C1=O. The lowest BCUT2D eigenvalue weighted by Crippen LogP contribution is -2.47. The number of hydrogen-bond donors (Lipinski definition) is 2. The summed E-state index contributed by atoms with van der Waals surface area (Å²) in [5.41, 5.74) is 0.234. The fourth-order valence-electron chi connectivity index (χ4n) is 2.30. The van der Waals surface area contributed by atoms with Crippen LogP contribution in [0, 0.1) is 0 Å². The number of benzene rings is 1. The normalized spacial score (nSPS) is 15.5. The van der Waals surface area contributed by atoms with Gasteiger partial charge in [-0.1, -0.05) is 18.2 Å². The molecule has 0 radical (unpaired) electrons. The highest BCUT2D eigenvalue weighted by Crippen LogP contribution is 2.18. The minimum absolute atomic E-state index is 0.0826. The van der Waals surface area contributed by atoms with Gasteiger partial charge in [-0.05, 0) is 39.8 Å². The number of likely N-dealkylation sites (N-methyl/N-ethyl adjacent to an activating group) is 1. The first-order valence-electron chi connectivity index (χ1n) is 8.88. The maximum atomic E-state index is 12.5. The van der Waals surface area contributed by atoms with Gasteiger partial charge in [0.25, 0.3) is 5.91 Å². The summed E-state index contributed by atoms with van der Waals surface area (Å²) < 4.78 is 5.14. The number of nitrogens with zero attached hydrogens (tertiary/aromatic N) is 2. The van der Waals surface area contributed by atoms with Gasteiger partial charge < -0.3 is 25.2 Å². The molecule has 1 aliphatic rings. The van der Waals surface area contributed by atoms with Gasteiger partial charge in [-0.2, -0.15) is 0 Å². The molecule has 1 aliphatic heterocycles. The average molecular weight is 386 g/mol. The monoisotopic (exact) mass is 386 g/mol. The molecule has 28 heavy (non-hydrogen) atoms. The molecule has 1 atom stereocenters. The zero-order valence-corrected chi connectivity index (χ0v) is 16.7. The van der Waals surface area contributed by atoms with Crippen LogP contribution in [0.4, 0.5) is 10.5 Å². The summed E-state index contributed by atoms with van der Waals surface area (Å²) in [5, 5.41) is 5.04. The topological polar surface area (TPSA) is 91.0 Å². The Morgan fingerprint density at radius 2 is 1.75 bits per heavy atom. The van der Waals surface area contributed by atoms with Gasteiger partial charge in [-0.15, -0.1) is 0 Å². The molecule has 8 heteroatoms. The third kappa shape index (κ3) is 5.87. The van der Waals surface area contributed by atoms with E-state index in [0.29, 0.717) is 0 Å². The summed E-state index contributed by atoms with van der Waals surface area (Å²) in [5.74, 6) is -0.915. The molecule has 0 saturated carbocycles. The molecule has 1 heterocycles. The Kier molecular flexibility index (Phi) is 6.45. The van der Waals surface area contributed by atoms with Crippen LogP contribution in [0.3, 0.4) is 0 Å². The number of hydrogen-bond acceptors (Lipinski definition) is 5. The Balaban J connectivity index is 2.13. The minimum Gasteiger partial charge on any atom is -0.444 e. The van der Waals surface area contributed by atoms with E-state index in [1.807, 2.05) is 30.3 Å². The highest BCUT2D eigenvalue weighted by molar-refractivity contribution is 6.00. The van der Waals surface area contributed by atoms with Gasteiger partial charge >= 0.3 is 6.09 Å². The zero-order valence-electron chi connectivity index (χ0n) is 16.7. The summed E-state index contributed by atoms with van der Waals surface area (Å²) in [6.07, 6.45) is 4.15. The molecule has 0 unspecified atom stereocenters. The quantitative estimate of drug-likeness (QED) is 0.829. The van der Waals surface area contributed by atoms with E-state index in [1.165, 1.54) is 18.0 Å². The van der Waals surface area contributed by atoms with Crippen LogP contribution in [0.5, 0.6) is 0 Å². The van der Waals surface area contributed by atoms with Crippen molar-refractivity contribution in [2.24, 2.45) is 0 Å². The Morgan fingerprint density at radius 3 is 2.36 bits per heavy atom. The molecule has 0 aliphatic carbocycles. The lowest BCUT2D eigenvalue weighted by atomic mass is 10.2. The van der Waals surface area contributed by atoms with Crippen molar-refractivity contribution in [1.82, 2.24) is 15.5 Å². The molecule has 150 valence electrons. The smallest absolute Gasteiger partial charge is 0.408 e. The van der Waals surface area contributed by atoms with Crippen LogP contribution in [-0.4, -0.2) is 41.5 Å². The summed E-state index contributed by atoms with van der Waals surface area (Å²) in [4.78, 5) is 40.0. The Hall–Kier alpha value is -3.29. The number of ether oxygens (including phenoxy) is 1. The van der Waals surface area contributed by atoms with E-state index >= 15 is 0 Å². The summed E-state index contributed by atoms with van der Waals surface area (Å²) >= 11 is 0. The Bertz CT molecular complexity index is 796. The third-order valence-electron chi connectivity index (χ3n) is 3.71. The van der Waals surface area contributed by atoms with Crippen molar-refractivity contribution in [3.8, 4) is 0 Å². The van der Waals surface area contributed by atoms with Crippen LogP contribution in [0.2, 0.25) is 0 Å². The number of nitrogens with one attached hydrogen (secondary N) is 2. The largest absolute Gasteiger partial charge is 0.444 e. The summed E-state index contributed by atoms with van der Waals surface area (Å²) in [6, 6.07) is 8.50. The number of carbonyl (C=O) groups excluding carboxylic acids is 3. The molecule has 8 nitrogen and oxygen atoms in total. The highest BCUT2D eigenvalue weighted by atomic mass is 16.6. The summed E-state index contributed by atoms with van der Waals surface area (Å²) in [6.45, 7) is 6.70. The molecule has 0 aromatic heterocycles. The summed E-state index contributed by atoms with van der Waals surface area (Å²) in [7, 11) is 1.59. The van der Waals surface area contributed by atoms with E-state index in [4.69, 9.17) is 4.74 Å². The second-order valence-corrected chi connectivity index (χ2v) is 7.36. The fraction of sp³-hybridized carbons (Fsp3) is 0.350. The fourth-order valence-corrected chi connectivity index (χ4v) is 2.30. The number of rotatable bonds is 4. The van der Waals surface area contributed by atoms with Crippen LogP contribution >= 0.6 is 0 Å². The molecule has 1 aromatic carbocycles. The highest BCUT2D eigenvalue weighted by Gasteiger charge is 2.25. The number of alkyl carbamates (subject to hydrolysis) is 1. The maximum absolute atomic E-state index is 12.5. The van der Waals surface area contributed by atoms with Gasteiger partial charge in [-0.25, -0.2) is 4.79 Å². The van der Waals surface area contributed by atoms with Crippen molar-refractivity contribution in [1.29, 1.82) is 0 Å². The number of para-hydroxylation sites is 1. The van der Waals surface area contributed by atoms with Crippen LogP contribution in [-0.2, 0) is 14.3 Å². The van der Waals surface area contributed by atoms with Gasteiger partial charge in [0.2, 0.25) is 5.91 Å². The van der Waals surface area contributed by atoms with E-state index in [-0.39, 0.29) is 11.6 Å². The van der Waals surface area contributed by atoms with Gasteiger partial charge in [0.1, 0.15) is 17.3 Å². The molecular weight excluding hydrogens is 360 g/mol. The Morgan fingerprint density at radius 1 is 1.11 bits per heavy atom. The minimum atomic E-state index is -0.893. The van der Waals surface area contributed by atoms with Crippen LogP contribution in [0.25, 0.3) is 0 Å². The first kappa shape index (κ1) is 21.0. The van der Waals surface area contributed by atoms with Crippen molar-refractivity contribution < 1.29 is 19.1 Å². The lowest BCUT2D eigenvalue weighted by molar-refractivity contribution is -0.127. The third-order valence-corrected chi connectivity index (χ3v) is 3.71. The molecular formula is C20H26N4O4. The maximum Gasteiger partial charge on any atom is 0.408 e. The van der Waals surface area contributed by atoms with E-state index in [9.17, 15) is 14.4 Å². The molecule has 2 rings (SSSR count). The van der Waals surface area contributed by atoms with E-state index in [1.54, 1.807) is 45.1 Å². The number of carbonyl (C=O) groups is 3. The van der Waals surface area contributed by atoms with Crippen LogP contribution < -0.4 is 15.5 Å². The van der Waals surface area contributed by atoms with Gasteiger partial charge in [0, 0.05) is 31.3 Å². The van der Waals surface area contributed by atoms with Crippen molar-refractivity contribution in [2.45, 2.75) is 39.3 Å². The van der Waals surface area contributed by atoms with Crippen molar-refractivity contribution >= 4 is 23.6 Å². The molecule has 3 amide bonds. The van der Waals surface area contributed by atoms with Crippen LogP contribution in [0.15, 0.2) is 54.6 Å². The molecule has 2 N–H and O–H groups in total. The van der Waals surface area contributed by atoms with Crippen LogP contribution in [0.1, 0.15) is 27.7 Å².